The third kappa shape index (κ3) is 6.77. The molecule has 5 aromatic rings. The van der Waals surface area contributed by atoms with E-state index in [0.29, 0.717) is 30.0 Å². The fourth-order valence-electron chi connectivity index (χ4n) is 4.14. The molecule has 0 saturated carbocycles. The standard InChI is InChI=1S/C30H27N5O3S/c36-30(26-16-18-29(19-17-26)39(37,38)32-27-14-8-3-9-15-27)34(20-24-10-4-1-5-11-24)22-28-23-35(33-31-28)21-25-12-6-2-7-13-25/h1-19,23,32H,20-22H2. The first-order valence-corrected chi connectivity index (χ1v) is 13.9. The fourth-order valence-corrected chi connectivity index (χ4v) is 5.20. The second kappa shape index (κ2) is 11.7. The van der Waals surface area contributed by atoms with Crippen LogP contribution in [0.4, 0.5) is 5.69 Å². The summed E-state index contributed by atoms with van der Waals surface area (Å²) in [6.45, 7) is 1.19. The molecule has 39 heavy (non-hydrogen) atoms. The average molecular weight is 538 g/mol. The minimum atomic E-state index is -3.79. The minimum Gasteiger partial charge on any atom is -0.328 e. The minimum absolute atomic E-state index is 0.0707. The lowest BCUT2D eigenvalue weighted by atomic mass is 10.1. The monoisotopic (exact) mass is 537 g/mol. The Morgan fingerprint density at radius 1 is 0.744 bits per heavy atom. The Morgan fingerprint density at radius 3 is 1.97 bits per heavy atom. The van der Waals surface area contributed by atoms with E-state index in [-0.39, 0.29) is 17.3 Å². The Balaban J connectivity index is 1.34. The third-order valence-electron chi connectivity index (χ3n) is 6.07. The van der Waals surface area contributed by atoms with E-state index in [1.54, 1.807) is 33.8 Å². The molecule has 5 rings (SSSR count). The summed E-state index contributed by atoms with van der Waals surface area (Å²) in [6.07, 6.45) is 1.84. The highest BCUT2D eigenvalue weighted by Gasteiger charge is 2.20. The van der Waals surface area contributed by atoms with Crippen LogP contribution in [0.15, 0.2) is 126 Å². The molecule has 0 saturated heterocycles. The number of sulfonamides is 1. The van der Waals surface area contributed by atoms with E-state index in [9.17, 15) is 13.2 Å². The van der Waals surface area contributed by atoms with Crippen molar-refractivity contribution in [1.82, 2.24) is 19.9 Å². The van der Waals surface area contributed by atoms with Crippen molar-refractivity contribution < 1.29 is 13.2 Å². The Morgan fingerprint density at radius 2 is 1.33 bits per heavy atom. The fraction of sp³-hybridized carbons (Fsp3) is 0.100. The third-order valence-corrected chi connectivity index (χ3v) is 7.46. The van der Waals surface area contributed by atoms with E-state index < -0.39 is 10.0 Å². The maximum atomic E-state index is 13.6. The summed E-state index contributed by atoms with van der Waals surface area (Å²) >= 11 is 0. The van der Waals surface area contributed by atoms with Crippen LogP contribution in [0.25, 0.3) is 0 Å². The predicted molar refractivity (Wildman–Crippen MR) is 149 cm³/mol. The van der Waals surface area contributed by atoms with E-state index in [1.807, 2.05) is 72.9 Å². The van der Waals surface area contributed by atoms with Crippen molar-refractivity contribution in [2.45, 2.75) is 24.5 Å². The number of hydrogen-bond acceptors (Lipinski definition) is 5. The van der Waals surface area contributed by atoms with Crippen molar-refractivity contribution in [3.8, 4) is 0 Å². The molecular formula is C30H27N5O3S. The number of carbonyl (C=O) groups is 1. The van der Waals surface area contributed by atoms with Gasteiger partial charge in [-0.25, -0.2) is 13.1 Å². The zero-order chi connectivity index (χ0) is 27.1. The topological polar surface area (TPSA) is 97.2 Å². The van der Waals surface area contributed by atoms with Crippen LogP contribution in [0, 0.1) is 0 Å². The van der Waals surface area contributed by atoms with Crippen LogP contribution in [0.5, 0.6) is 0 Å². The predicted octanol–water partition coefficient (Wildman–Crippen LogP) is 4.97. The molecular weight excluding hydrogens is 510 g/mol. The molecule has 196 valence electrons. The van der Waals surface area contributed by atoms with Gasteiger partial charge < -0.3 is 4.90 Å². The number of para-hydroxylation sites is 1. The summed E-state index contributed by atoms with van der Waals surface area (Å²) in [5.41, 5.74) is 3.56. The van der Waals surface area contributed by atoms with Crippen LogP contribution in [0.2, 0.25) is 0 Å². The van der Waals surface area contributed by atoms with Crippen LogP contribution >= 0.6 is 0 Å². The highest BCUT2D eigenvalue weighted by molar-refractivity contribution is 7.92. The number of amides is 1. The van der Waals surface area contributed by atoms with Gasteiger partial charge in [-0.15, -0.1) is 5.10 Å². The summed E-state index contributed by atoms with van der Waals surface area (Å²) in [7, 11) is -3.79. The molecule has 0 unspecified atom stereocenters. The number of hydrogen-bond donors (Lipinski definition) is 1. The van der Waals surface area contributed by atoms with Crippen molar-refractivity contribution in [2.24, 2.45) is 0 Å². The Hall–Kier alpha value is -4.76. The summed E-state index contributed by atoms with van der Waals surface area (Å²) in [4.78, 5) is 15.4. The number of benzene rings is 4. The lowest BCUT2D eigenvalue weighted by Crippen LogP contribution is -2.30. The van der Waals surface area contributed by atoms with Gasteiger partial charge in [0.1, 0.15) is 5.69 Å². The van der Waals surface area contributed by atoms with E-state index in [2.05, 4.69) is 15.0 Å². The van der Waals surface area contributed by atoms with Crippen LogP contribution in [-0.2, 0) is 29.7 Å². The summed E-state index contributed by atoms with van der Waals surface area (Å²) in [5, 5.41) is 8.52. The van der Waals surface area contributed by atoms with Crippen molar-refractivity contribution in [1.29, 1.82) is 0 Å². The zero-order valence-electron chi connectivity index (χ0n) is 21.1. The van der Waals surface area contributed by atoms with Gasteiger partial charge in [0.2, 0.25) is 0 Å². The molecule has 1 aromatic heterocycles. The van der Waals surface area contributed by atoms with Gasteiger partial charge in [-0.05, 0) is 47.5 Å². The largest absolute Gasteiger partial charge is 0.328 e. The van der Waals surface area contributed by atoms with Gasteiger partial charge in [0.15, 0.2) is 0 Å². The van der Waals surface area contributed by atoms with Gasteiger partial charge in [-0.1, -0.05) is 84.1 Å². The SMILES string of the molecule is O=C(c1ccc(S(=O)(=O)Nc2ccccc2)cc1)N(Cc1ccccc1)Cc1cn(Cc2ccccc2)nn1. The molecule has 0 aliphatic carbocycles. The zero-order valence-corrected chi connectivity index (χ0v) is 21.9. The number of nitrogens with zero attached hydrogens (tertiary/aromatic N) is 4. The smallest absolute Gasteiger partial charge is 0.261 e. The maximum absolute atomic E-state index is 13.6. The van der Waals surface area contributed by atoms with Gasteiger partial charge in [0.05, 0.1) is 24.2 Å². The number of rotatable bonds is 10. The molecule has 9 heteroatoms. The van der Waals surface area contributed by atoms with Gasteiger partial charge in [-0.2, -0.15) is 0 Å². The first kappa shape index (κ1) is 25.9. The Bertz CT molecular complexity index is 1620. The van der Waals surface area contributed by atoms with Crippen molar-refractivity contribution >= 4 is 21.6 Å². The summed E-state index contributed by atoms with van der Waals surface area (Å²) < 4.78 is 29.9. The molecule has 0 spiro atoms. The Labute approximate surface area is 227 Å². The van der Waals surface area contributed by atoms with E-state index in [1.165, 1.54) is 24.3 Å². The van der Waals surface area contributed by atoms with Crippen molar-refractivity contribution in [3.63, 3.8) is 0 Å². The van der Waals surface area contributed by atoms with Gasteiger partial charge in [-0.3, -0.25) is 9.52 Å². The average Bonchev–Trinajstić information content (AvgIpc) is 3.40. The molecule has 4 aromatic carbocycles. The van der Waals surface area contributed by atoms with E-state index in [4.69, 9.17) is 0 Å². The lowest BCUT2D eigenvalue weighted by molar-refractivity contribution is 0.0727. The maximum Gasteiger partial charge on any atom is 0.261 e. The van der Waals surface area contributed by atoms with Crippen molar-refractivity contribution in [2.75, 3.05) is 4.72 Å². The number of carbonyl (C=O) groups excluding carboxylic acids is 1. The molecule has 0 aliphatic heterocycles. The molecule has 1 amide bonds. The number of aromatic nitrogens is 3. The van der Waals surface area contributed by atoms with E-state index >= 15 is 0 Å². The molecule has 1 N–H and O–H groups in total. The van der Waals surface area contributed by atoms with Gasteiger partial charge in [0, 0.05) is 17.8 Å². The first-order valence-electron chi connectivity index (χ1n) is 12.4. The number of nitrogens with one attached hydrogen (secondary N) is 1. The van der Waals surface area contributed by atoms with Gasteiger partial charge >= 0.3 is 0 Å². The Kier molecular flexibility index (Phi) is 7.79. The highest BCUT2D eigenvalue weighted by Crippen LogP contribution is 2.19. The second-order valence-electron chi connectivity index (χ2n) is 9.04. The van der Waals surface area contributed by atoms with Crippen LogP contribution in [0.3, 0.4) is 0 Å². The van der Waals surface area contributed by atoms with Crippen LogP contribution in [0.1, 0.15) is 27.2 Å². The molecule has 0 atom stereocenters. The summed E-state index contributed by atoms with van der Waals surface area (Å²) in [6, 6.07) is 34.2. The summed E-state index contributed by atoms with van der Waals surface area (Å²) in [5.74, 6) is -0.239. The molecule has 0 radical (unpaired) electrons. The normalized spacial score (nSPS) is 11.2. The van der Waals surface area contributed by atoms with Gasteiger partial charge in [0.25, 0.3) is 15.9 Å². The molecule has 0 aliphatic rings. The molecule has 0 fully saturated rings. The molecule has 0 bridgehead atoms. The second-order valence-corrected chi connectivity index (χ2v) is 10.7. The van der Waals surface area contributed by atoms with Crippen LogP contribution in [-0.4, -0.2) is 34.2 Å². The van der Waals surface area contributed by atoms with E-state index in [0.717, 1.165) is 11.1 Å². The van der Waals surface area contributed by atoms with Crippen LogP contribution < -0.4 is 4.72 Å². The van der Waals surface area contributed by atoms with Crippen molar-refractivity contribution in [3.05, 3.63) is 144 Å². The lowest BCUT2D eigenvalue weighted by Gasteiger charge is -2.22. The quantitative estimate of drug-likeness (QED) is 0.271. The first-order chi connectivity index (χ1) is 19.0. The molecule has 1 heterocycles. The highest BCUT2D eigenvalue weighted by atomic mass is 32.2. The molecule has 8 nitrogen and oxygen atoms in total. The number of anilines is 1.